The van der Waals surface area contributed by atoms with Gasteiger partial charge in [0.1, 0.15) is 11.9 Å². The number of carbonyl (C=O) groups excluding carboxylic acids is 3. The zero-order valence-electron chi connectivity index (χ0n) is 18.6. The van der Waals surface area contributed by atoms with Gasteiger partial charge in [-0.25, -0.2) is 4.39 Å². The first-order valence-corrected chi connectivity index (χ1v) is 11.3. The third-order valence-electron chi connectivity index (χ3n) is 6.57. The van der Waals surface area contributed by atoms with Crippen LogP contribution in [0.4, 0.5) is 15.8 Å². The second-order valence-electron chi connectivity index (χ2n) is 8.61. The first-order valence-electron chi connectivity index (χ1n) is 11.3. The van der Waals surface area contributed by atoms with Crippen LogP contribution in [0.2, 0.25) is 0 Å². The molecule has 2 aliphatic rings. The quantitative estimate of drug-likeness (QED) is 0.650. The van der Waals surface area contributed by atoms with Crippen LogP contribution in [0.3, 0.4) is 0 Å². The molecular weight excluding hydrogens is 425 g/mol. The van der Waals surface area contributed by atoms with Crippen molar-refractivity contribution in [2.45, 2.75) is 44.2 Å². The number of rotatable bonds is 6. The van der Waals surface area contributed by atoms with E-state index < -0.39 is 17.8 Å². The number of hydrogen-bond acceptors (Lipinski definition) is 5. The smallest absolute Gasteiger partial charge is 0.323 e. The molecule has 2 fully saturated rings. The lowest BCUT2D eigenvalue weighted by molar-refractivity contribution is -0.146. The number of para-hydroxylation sites is 1. The van der Waals surface area contributed by atoms with Crippen LogP contribution in [-0.4, -0.2) is 48.4 Å². The van der Waals surface area contributed by atoms with E-state index >= 15 is 0 Å². The van der Waals surface area contributed by atoms with Crippen molar-refractivity contribution in [2.75, 3.05) is 24.3 Å². The maximum absolute atomic E-state index is 13.1. The number of esters is 1. The van der Waals surface area contributed by atoms with Crippen molar-refractivity contribution in [1.29, 1.82) is 0 Å². The Kier molecular flexibility index (Phi) is 7.03. The molecule has 33 heavy (non-hydrogen) atoms. The van der Waals surface area contributed by atoms with Crippen LogP contribution in [0.25, 0.3) is 0 Å². The maximum atomic E-state index is 13.1. The number of ether oxygens (including phenoxy) is 1. The summed E-state index contributed by atoms with van der Waals surface area (Å²) in [5.41, 5.74) is 1.11. The minimum Gasteiger partial charge on any atom is -0.468 e. The molecule has 2 aromatic rings. The number of hydrogen-bond donors (Lipinski definition) is 2. The van der Waals surface area contributed by atoms with Crippen LogP contribution in [0.5, 0.6) is 0 Å². The normalized spacial score (nSPS) is 22.3. The predicted octanol–water partition coefficient (Wildman–Crippen LogP) is 3.82. The summed E-state index contributed by atoms with van der Waals surface area (Å²) in [6, 6.07) is 11.9. The van der Waals surface area contributed by atoms with E-state index in [0.717, 1.165) is 25.7 Å². The summed E-state index contributed by atoms with van der Waals surface area (Å²) in [4.78, 5) is 40.1. The summed E-state index contributed by atoms with van der Waals surface area (Å²) < 4.78 is 18.1. The average Bonchev–Trinajstić information content (AvgIpc) is 3.18. The van der Waals surface area contributed by atoms with E-state index in [4.69, 9.17) is 4.74 Å². The molecule has 8 heteroatoms. The van der Waals surface area contributed by atoms with E-state index in [1.165, 1.54) is 31.4 Å². The van der Waals surface area contributed by atoms with Crippen LogP contribution in [0.15, 0.2) is 48.5 Å². The Balaban J connectivity index is 1.46. The second-order valence-corrected chi connectivity index (χ2v) is 8.61. The van der Waals surface area contributed by atoms with Crippen LogP contribution in [0.1, 0.15) is 42.5 Å². The molecule has 4 rings (SSSR count). The Morgan fingerprint density at radius 2 is 1.76 bits per heavy atom. The number of methoxy groups -OCH3 is 1. The highest BCUT2D eigenvalue weighted by molar-refractivity contribution is 6.10. The summed E-state index contributed by atoms with van der Waals surface area (Å²) in [7, 11) is 1.37. The first-order chi connectivity index (χ1) is 16.0. The standard InChI is InChI=1S/C25H28FN3O4/c1-33-25(32)22-14-16-6-2-5-9-21(16)29(22)15-23(30)28-20-8-4-3-7-19(20)24(31)27-18-12-10-17(26)11-13-18/h3-4,7-8,10-13,16,21-22H,2,5-6,9,14-15H2,1H3,(H,27,31)(H,28,30). The molecule has 0 spiro atoms. The van der Waals surface area contributed by atoms with Crippen molar-refractivity contribution in [3.05, 3.63) is 59.9 Å². The second kappa shape index (κ2) is 10.1. The van der Waals surface area contributed by atoms with Gasteiger partial charge in [-0.2, -0.15) is 0 Å². The molecule has 1 aliphatic heterocycles. The third-order valence-corrected chi connectivity index (χ3v) is 6.57. The Labute approximate surface area is 192 Å². The Morgan fingerprint density at radius 1 is 1.03 bits per heavy atom. The van der Waals surface area contributed by atoms with Gasteiger partial charge in [0.25, 0.3) is 5.91 Å². The van der Waals surface area contributed by atoms with Gasteiger partial charge in [0.2, 0.25) is 5.91 Å². The zero-order chi connectivity index (χ0) is 23.4. The number of amides is 2. The van der Waals surface area contributed by atoms with Crippen molar-refractivity contribution in [1.82, 2.24) is 4.90 Å². The van der Waals surface area contributed by atoms with Gasteiger partial charge in [0.05, 0.1) is 24.9 Å². The number of nitrogens with zero attached hydrogens (tertiary/aromatic N) is 1. The molecule has 174 valence electrons. The molecule has 2 amide bonds. The van der Waals surface area contributed by atoms with Crippen molar-refractivity contribution in [2.24, 2.45) is 5.92 Å². The van der Waals surface area contributed by atoms with E-state index in [2.05, 4.69) is 10.6 Å². The average molecular weight is 454 g/mol. The van der Waals surface area contributed by atoms with Crippen molar-refractivity contribution < 1.29 is 23.5 Å². The molecular formula is C25H28FN3O4. The highest BCUT2D eigenvalue weighted by Crippen LogP contribution is 2.39. The molecule has 2 aromatic carbocycles. The van der Waals surface area contributed by atoms with Crippen LogP contribution in [0, 0.1) is 11.7 Å². The molecule has 3 unspecified atom stereocenters. The molecule has 1 heterocycles. The van der Waals surface area contributed by atoms with E-state index in [1.54, 1.807) is 24.3 Å². The van der Waals surface area contributed by atoms with Gasteiger partial charge in [-0.3, -0.25) is 19.3 Å². The van der Waals surface area contributed by atoms with E-state index in [9.17, 15) is 18.8 Å². The van der Waals surface area contributed by atoms with Gasteiger partial charge in [0, 0.05) is 11.7 Å². The van der Waals surface area contributed by atoms with E-state index in [0.29, 0.717) is 23.7 Å². The fraction of sp³-hybridized carbons (Fsp3) is 0.400. The van der Waals surface area contributed by atoms with Crippen molar-refractivity contribution in [3.63, 3.8) is 0 Å². The predicted molar refractivity (Wildman–Crippen MR) is 122 cm³/mol. The van der Waals surface area contributed by atoms with Gasteiger partial charge in [0.15, 0.2) is 0 Å². The number of nitrogens with one attached hydrogen (secondary N) is 2. The van der Waals surface area contributed by atoms with Crippen LogP contribution in [-0.2, 0) is 14.3 Å². The maximum Gasteiger partial charge on any atom is 0.323 e. The number of likely N-dealkylation sites (tertiary alicyclic amines) is 1. The SMILES string of the molecule is COC(=O)C1CC2CCCCC2N1CC(=O)Nc1ccccc1C(=O)Nc1ccc(F)cc1. The molecule has 7 nitrogen and oxygen atoms in total. The topological polar surface area (TPSA) is 87.7 Å². The molecule has 1 aliphatic carbocycles. The number of carbonyl (C=O) groups is 3. The lowest BCUT2D eigenvalue weighted by atomic mass is 9.85. The highest BCUT2D eigenvalue weighted by Gasteiger charge is 2.46. The van der Waals surface area contributed by atoms with Crippen LogP contribution >= 0.6 is 0 Å². The summed E-state index contributed by atoms with van der Waals surface area (Å²) in [6.07, 6.45) is 4.96. The third kappa shape index (κ3) is 5.22. The Bertz CT molecular complexity index is 1030. The minimum absolute atomic E-state index is 0.0504. The first kappa shape index (κ1) is 22.9. The fourth-order valence-electron chi connectivity index (χ4n) is 5.03. The van der Waals surface area contributed by atoms with Crippen molar-refractivity contribution in [3.8, 4) is 0 Å². The number of benzene rings is 2. The Hall–Kier alpha value is -3.26. The van der Waals surface area contributed by atoms with Crippen LogP contribution < -0.4 is 10.6 Å². The fourth-order valence-corrected chi connectivity index (χ4v) is 5.03. The summed E-state index contributed by atoms with van der Waals surface area (Å²) >= 11 is 0. The van der Waals surface area contributed by atoms with Gasteiger partial charge in [-0.1, -0.05) is 25.0 Å². The number of halogens is 1. The van der Waals surface area contributed by atoms with Gasteiger partial charge >= 0.3 is 5.97 Å². The summed E-state index contributed by atoms with van der Waals surface area (Å²) in [5, 5.41) is 5.54. The Morgan fingerprint density at radius 3 is 2.52 bits per heavy atom. The summed E-state index contributed by atoms with van der Waals surface area (Å²) in [6.45, 7) is 0.0504. The molecule has 0 aromatic heterocycles. The number of fused-ring (bicyclic) bond motifs is 1. The van der Waals surface area contributed by atoms with Gasteiger partial charge in [-0.15, -0.1) is 0 Å². The van der Waals surface area contributed by atoms with Gasteiger partial charge < -0.3 is 15.4 Å². The lowest BCUT2D eigenvalue weighted by Gasteiger charge is -2.32. The molecule has 1 saturated heterocycles. The number of anilines is 2. The van der Waals surface area contributed by atoms with E-state index in [-0.39, 0.29) is 30.0 Å². The molecule has 1 saturated carbocycles. The minimum atomic E-state index is -0.425. The van der Waals surface area contributed by atoms with Crippen molar-refractivity contribution >= 4 is 29.2 Å². The largest absolute Gasteiger partial charge is 0.468 e. The lowest BCUT2D eigenvalue weighted by Crippen LogP contribution is -2.46. The zero-order valence-corrected chi connectivity index (χ0v) is 18.6. The molecule has 3 atom stereocenters. The molecule has 0 radical (unpaired) electrons. The highest BCUT2D eigenvalue weighted by atomic mass is 19.1. The van der Waals surface area contributed by atoms with E-state index in [1.807, 2.05) is 4.90 Å². The summed E-state index contributed by atoms with van der Waals surface area (Å²) in [5.74, 6) is -1.02. The molecule has 0 bridgehead atoms. The monoisotopic (exact) mass is 453 g/mol. The van der Waals surface area contributed by atoms with Gasteiger partial charge in [-0.05, 0) is 61.6 Å². The molecule has 2 N–H and O–H groups in total.